The molecule has 0 unspecified atom stereocenters. The number of carbonyl (C=O) groups is 2. The minimum absolute atomic E-state index is 0.123. The van der Waals surface area contributed by atoms with Crippen LogP contribution in [0.2, 0.25) is 0 Å². The summed E-state index contributed by atoms with van der Waals surface area (Å²) < 4.78 is 5.53. The number of nitrogens with zero attached hydrogens (tertiary/aromatic N) is 1. The van der Waals surface area contributed by atoms with Crippen LogP contribution >= 0.6 is 0 Å². The van der Waals surface area contributed by atoms with E-state index < -0.39 is 5.54 Å². The van der Waals surface area contributed by atoms with Gasteiger partial charge in [0.15, 0.2) is 0 Å². The Morgan fingerprint density at radius 2 is 1.73 bits per heavy atom. The Kier molecular flexibility index (Phi) is 6.01. The Balaban J connectivity index is 1.24. The highest BCUT2D eigenvalue weighted by Gasteiger charge is 2.51. The molecule has 6 heteroatoms. The second-order valence-electron chi connectivity index (χ2n) is 9.09. The minimum atomic E-state index is -0.821. The smallest absolute Gasteiger partial charge is 0.322 e. The van der Waals surface area contributed by atoms with Crippen LogP contribution in [-0.4, -0.2) is 35.5 Å². The van der Waals surface area contributed by atoms with Crippen molar-refractivity contribution in [1.29, 1.82) is 0 Å². The van der Waals surface area contributed by atoms with E-state index in [0.29, 0.717) is 6.42 Å². The summed E-state index contributed by atoms with van der Waals surface area (Å²) in [6.45, 7) is 2.65. The van der Waals surface area contributed by atoms with Gasteiger partial charge in [0.25, 0.3) is 5.91 Å². The number of furan rings is 1. The molecule has 0 radical (unpaired) electrons. The first-order valence-electron chi connectivity index (χ1n) is 11.6. The Morgan fingerprint density at radius 1 is 0.939 bits per heavy atom. The highest BCUT2D eigenvalue weighted by molar-refractivity contribution is 6.07. The third-order valence-corrected chi connectivity index (χ3v) is 7.04. The van der Waals surface area contributed by atoms with Crippen molar-refractivity contribution in [3.8, 4) is 11.3 Å². The average Bonchev–Trinajstić information content (AvgIpc) is 3.47. The molecule has 2 aromatic carbocycles. The zero-order valence-corrected chi connectivity index (χ0v) is 18.6. The SMILES string of the molecule is O=C1NC(=O)[C@@](CCc2ccccc2)(C2CCN(Cc3cccc(-c4ccco4)c3)CC2)N1. The molecule has 3 heterocycles. The van der Waals surface area contributed by atoms with Crippen molar-refractivity contribution in [1.82, 2.24) is 15.5 Å². The molecule has 0 saturated carbocycles. The summed E-state index contributed by atoms with van der Waals surface area (Å²) >= 11 is 0. The number of nitrogens with one attached hydrogen (secondary N) is 2. The Hall–Kier alpha value is -3.38. The van der Waals surface area contributed by atoms with Crippen LogP contribution in [0.4, 0.5) is 4.79 Å². The summed E-state index contributed by atoms with van der Waals surface area (Å²) in [6, 6.07) is 22.1. The Labute approximate surface area is 194 Å². The summed E-state index contributed by atoms with van der Waals surface area (Å²) in [7, 11) is 0. The molecule has 0 bridgehead atoms. The molecule has 2 N–H and O–H groups in total. The molecule has 1 aromatic heterocycles. The van der Waals surface area contributed by atoms with E-state index in [1.54, 1.807) is 6.26 Å². The number of benzene rings is 2. The first-order chi connectivity index (χ1) is 16.1. The van der Waals surface area contributed by atoms with E-state index in [4.69, 9.17) is 4.42 Å². The number of amides is 3. The van der Waals surface area contributed by atoms with Crippen LogP contribution in [0.3, 0.4) is 0 Å². The molecule has 0 aliphatic carbocycles. The lowest BCUT2D eigenvalue weighted by molar-refractivity contribution is -0.127. The van der Waals surface area contributed by atoms with Gasteiger partial charge in [0.05, 0.1) is 6.26 Å². The van der Waals surface area contributed by atoms with E-state index in [9.17, 15) is 9.59 Å². The molecule has 5 rings (SSSR count). The summed E-state index contributed by atoms with van der Waals surface area (Å²) in [5.41, 5.74) is 2.68. The van der Waals surface area contributed by atoms with Crippen molar-refractivity contribution in [2.45, 2.75) is 37.8 Å². The van der Waals surface area contributed by atoms with Gasteiger partial charge in [0.1, 0.15) is 11.3 Å². The molecule has 6 nitrogen and oxygen atoms in total. The van der Waals surface area contributed by atoms with Crippen LogP contribution in [0.15, 0.2) is 77.4 Å². The van der Waals surface area contributed by atoms with E-state index in [0.717, 1.165) is 50.2 Å². The van der Waals surface area contributed by atoms with Crippen molar-refractivity contribution in [3.63, 3.8) is 0 Å². The molecule has 3 aromatic rings. The minimum Gasteiger partial charge on any atom is -0.464 e. The monoisotopic (exact) mass is 443 g/mol. The molecule has 2 aliphatic heterocycles. The standard InChI is InChI=1S/C27H29N3O3/c31-25-27(29-26(32)28-25,14-11-20-6-2-1-3-7-20)23-12-15-30(16-13-23)19-21-8-4-9-22(18-21)24-10-5-17-33-24/h1-10,17-18,23H,11-16,19H2,(H2,28,29,31,32)/t27-/m1/s1. The summed E-state index contributed by atoms with van der Waals surface area (Å²) in [6.07, 6.45) is 4.82. The number of imide groups is 1. The van der Waals surface area contributed by atoms with E-state index in [1.807, 2.05) is 30.3 Å². The largest absolute Gasteiger partial charge is 0.464 e. The molecule has 2 fully saturated rings. The van der Waals surface area contributed by atoms with Crippen LogP contribution in [0.5, 0.6) is 0 Å². The second kappa shape index (κ2) is 9.24. The maximum atomic E-state index is 12.9. The van der Waals surface area contributed by atoms with E-state index in [1.165, 1.54) is 11.1 Å². The number of hydrogen-bond acceptors (Lipinski definition) is 4. The average molecular weight is 444 g/mol. The van der Waals surface area contributed by atoms with Gasteiger partial charge in [-0.25, -0.2) is 4.79 Å². The van der Waals surface area contributed by atoms with E-state index in [2.05, 4.69) is 51.9 Å². The molecule has 33 heavy (non-hydrogen) atoms. The van der Waals surface area contributed by atoms with Gasteiger partial charge in [-0.2, -0.15) is 0 Å². The Bertz CT molecular complexity index is 1100. The zero-order chi connectivity index (χ0) is 22.7. The van der Waals surface area contributed by atoms with Gasteiger partial charge in [-0.15, -0.1) is 0 Å². The summed E-state index contributed by atoms with van der Waals surface area (Å²) in [4.78, 5) is 27.5. The maximum absolute atomic E-state index is 12.9. The highest BCUT2D eigenvalue weighted by Crippen LogP contribution is 2.35. The molecular formula is C27H29N3O3. The van der Waals surface area contributed by atoms with Gasteiger partial charge in [0.2, 0.25) is 0 Å². The fraction of sp³-hybridized carbons (Fsp3) is 0.333. The fourth-order valence-electron chi connectivity index (χ4n) is 5.27. The third kappa shape index (κ3) is 4.57. The number of likely N-dealkylation sites (tertiary alicyclic amines) is 1. The quantitative estimate of drug-likeness (QED) is 0.532. The molecule has 3 amide bonds. The van der Waals surface area contributed by atoms with E-state index in [-0.39, 0.29) is 17.9 Å². The summed E-state index contributed by atoms with van der Waals surface area (Å²) in [5.74, 6) is 0.824. The van der Waals surface area contributed by atoms with Crippen molar-refractivity contribution in [2.75, 3.05) is 13.1 Å². The predicted octanol–water partition coefficient (Wildman–Crippen LogP) is 4.37. The van der Waals surface area contributed by atoms with Crippen LogP contribution in [0, 0.1) is 5.92 Å². The van der Waals surface area contributed by atoms with Crippen LogP contribution in [-0.2, 0) is 17.8 Å². The number of aryl methyl sites for hydroxylation is 1. The topological polar surface area (TPSA) is 74.6 Å². The van der Waals surface area contributed by atoms with Gasteiger partial charge < -0.3 is 9.73 Å². The van der Waals surface area contributed by atoms with Crippen molar-refractivity contribution in [3.05, 3.63) is 84.1 Å². The first-order valence-corrected chi connectivity index (χ1v) is 11.6. The predicted molar refractivity (Wildman–Crippen MR) is 126 cm³/mol. The number of urea groups is 1. The van der Waals surface area contributed by atoms with Crippen molar-refractivity contribution in [2.24, 2.45) is 5.92 Å². The van der Waals surface area contributed by atoms with Crippen molar-refractivity contribution < 1.29 is 14.0 Å². The molecule has 0 spiro atoms. The fourth-order valence-corrected chi connectivity index (χ4v) is 5.27. The van der Waals surface area contributed by atoms with Gasteiger partial charge in [0, 0.05) is 12.1 Å². The van der Waals surface area contributed by atoms with Gasteiger partial charge in [-0.05, 0) is 74.0 Å². The van der Waals surface area contributed by atoms with Crippen LogP contribution in [0.1, 0.15) is 30.4 Å². The number of piperidine rings is 1. The second-order valence-corrected chi connectivity index (χ2v) is 9.09. The van der Waals surface area contributed by atoms with Crippen LogP contribution in [0.25, 0.3) is 11.3 Å². The number of rotatable bonds is 7. The molecule has 170 valence electrons. The number of hydrogen-bond donors (Lipinski definition) is 2. The van der Waals surface area contributed by atoms with E-state index >= 15 is 0 Å². The molecule has 1 atom stereocenters. The highest BCUT2D eigenvalue weighted by atomic mass is 16.3. The van der Waals surface area contributed by atoms with Crippen molar-refractivity contribution >= 4 is 11.9 Å². The number of carbonyl (C=O) groups excluding carboxylic acids is 2. The normalized spacial score (nSPS) is 21.7. The molecule has 2 aliphatic rings. The first kappa shape index (κ1) is 21.5. The van der Waals surface area contributed by atoms with Gasteiger partial charge >= 0.3 is 6.03 Å². The Morgan fingerprint density at radius 3 is 2.42 bits per heavy atom. The summed E-state index contributed by atoms with van der Waals surface area (Å²) in [5, 5.41) is 5.52. The zero-order valence-electron chi connectivity index (χ0n) is 18.6. The van der Waals surface area contributed by atoms with Gasteiger partial charge in [-0.3, -0.25) is 15.0 Å². The lowest BCUT2D eigenvalue weighted by Gasteiger charge is -2.40. The lowest BCUT2D eigenvalue weighted by Crippen LogP contribution is -2.56. The molecule has 2 saturated heterocycles. The maximum Gasteiger partial charge on any atom is 0.322 e. The lowest BCUT2D eigenvalue weighted by atomic mass is 9.74. The van der Waals surface area contributed by atoms with Gasteiger partial charge in [-0.1, -0.05) is 48.5 Å². The third-order valence-electron chi connectivity index (χ3n) is 7.04. The molecular weight excluding hydrogens is 414 g/mol. The van der Waals surface area contributed by atoms with Crippen LogP contribution < -0.4 is 10.6 Å².